The second-order valence-electron chi connectivity index (χ2n) is 6.79. The molecule has 0 heterocycles. The molecule has 31 heavy (non-hydrogen) atoms. The van der Waals surface area contributed by atoms with E-state index in [9.17, 15) is 9.90 Å². The number of phenolic OH excluding ortho intramolecular Hbond substituents is 1. The number of aromatic hydroxyl groups is 1. The number of phenols is 1. The third-order valence-corrected chi connectivity index (χ3v) is 11.3. The molecule has 0 fully saturated rings. The van der Waals surface area contributed by atoms with E-state index in [1.54, 1.807) is 42.9 Å². The Balaban J connectivity index is 1.96. The number of carbonyl (C=O) groups is 1. The minimum Gasteiger partial charge on any atom is -0.507 e. The van der Waals surface area contributed by atoms with Crippen LogP contribution in [0.1, 0.15) is 22.3 Å². The predicted molar refractivity (Wildman–Crippen MR) is 119 cm³/mol. The minimum absolute atomic E-state index is 0.130. The van der Waals surface area contributed by atoms with Crippen LogP contribution in [0.4, 0.5) is 0 Å². The summed E-state index contributed by atoms with van der Waals surface area (Å²) in [6.45, 7) is 2.11. The highest BCUT2D eigenvalue weighted by molar-refractivity contribution is 6.74. The lowest BCUT2D eigenvalue weighted by molar-refractivity contribution is 0.0899. The standard InChI is InChI=1S/C21H30O8Si2/c1-24-30(5,25-2)29-31(26-3,27-4)15-9-14-28-18-12-13-19(20(22)16-18)21(23)17-10-7-6-8-11-17/h6-8,10-13,16,22H,9,14-15H2,1-5H3. The highest BCUT2D eigenvalue weighted by atomic mass is 28.5. The van der Waals surface area contributed by atoms with Crippen LogP contribution in [0.25, 0.3) is 0 Å². The molecule has 0 saturated heterocycles. The van der Waals surface area contributed by atoms with E-state index >= 15 is 0 Å². The average molecular weight is 467 g/mol. The minimum atomic E-state index is -2.99. The van der Waals surface area contributed by atoms with Crippen LogP contribution in [0, 0.1) is 0 Å². The van der Waals surface area contributed by atoms with Crippen molar-refractivity contribution in [2.45, 2.75) is 19.0 Å². The summed E-state index contributed by atoms with van der Waals surface area (Å²) in [5.74, 6) is 0.0774. The number of carbonyl (C=O) groups excluding carboxylic acids is 1. The van der Waals surface area contributed by atoms with Gasteiger partial charge >= 0.3 is 17.6 Å². The van der Waals surface area contributed by atoms with Crippen molar-refractivity contribution in [1.82, 2.24) is 0 Å². The molecule has 170 valence electrons. The Morgan fingerprint density at radius 3 is 2.13 bits per heavy atom. The van der Waals surface area contributed by atoms with E-state index in [0.717, 1.165) is 0 Å². The van der Waals surface area contributed by atoms with Gasteiger partial charge in [-0.1, -0.05) is 30.3 Å². The van der Waals surface area contributed by atoms with Gasteiger partial charge in [0.1, 0.15) is 11.5 Å². The van der Waals surface area contributed by atoms with Crippen LogP contribution in [0.2, 0.25) is 12.6 Å². The second-order valence-corrected chi connectivity index (χ2v) is 12.8. The third kappa shape index (κ3) is 6.71. The zero-order chi connectivity index (χ0) is 22.9. The maximum Gasteiger partial charge on any atom is 0.493 e. The number of hydrogen-bond donors (Lipinski definition) is 1. The molecule has 0 saturated carbocycles. The molecule has 0 aliphatic heterocycles. The van der Waals surface area contributed by atoms with Gasteiger partial charge in [0.05, 0.1) is 12.2 Å². The summed E-state index contributed by atoms with van der Waals surface area (Å²) in [4.78, 5) is 12.5. The molecular weight excluding hydrogens is 436 g/mol. The lowest BCUT2D eigenvalue weighted by Gasteiger charge is -2.33. The molecular formula is C21H30O8Si2. The Morgan fingerprint density at radius 2 is 1.58 bits per heavy atom. The Kier molecular flexibility index (Phi) is 9.38. The molecule has 0 aliphatic carbocycles. The largest absolute Gasteiger partial charge is 0.507 e. The van der Waals surface area contributed by atoms with Gasteiger partial charge in [0, 0.05) is 52.7 Å². The van der Waals surface area contributed by atoms with E-state index in [2.05, 4.69) is 0 Å². The van der Waals surface area contributed by atoms with Gasteiger partial charge in [-0.2, -0.15) is 0 Å². The summed E-state index contributed by atoms with van der Waals surface area (Å²) in [7, 11) is 0.298. The van der Waals surface area contributed by atoms with Gasteiger partial charge in [-0.25, -0.2) is 0 Å². The molecule has 0 bridgehead atoms. The molecule has 0 radical (unpaired) electrons. The maximum absolute atomic E-state index is 12.5. The summed E-state index contributed by atoms with van der Waals surface area (Å²) in [6, 6.07) is 13.9. The highest BCUT2D eigenvalue weighted by Crippen LogP contribution is 2.27. The van der Waals surface area contributed by atoms with Crippen LogP contribution in [0.3, 0.4) is 0 Å². The van der Waals surface area contributed by atoms with Gasteiger partial charge in [-0.05, 0) is 18.6 Å². The summed E-state index contributed by atoms with van der Waals surface area (Å²) in [6.07, 6.45) is 0.581. The van der Waals surface area contributed by atoms with Gasteiger partial charge < -0.3 is 31.7 Å². The Morgan fingerprint density at radius 1 is 0.935 bits per heavy atom. The zero-order valence-corrected chi connectivity index (χ0v) is 20.5. The summed E-state index contributed by atoms with van der Waals surface area (Å²) in [5.41, 5.74) is 0.732. The first kappa shape index (κ1) is 25.2. The first-order valence-electron chi connectivity index (χ1n) is 9.78. The topological polar surface area (TPSA) is 92.7 Å². The van der Waals surface area contributed by atoms with E-state index < -0.39 is 17.6 Å². The van der Waals surface area contributed by atoms with E-state index in [4.69, 9.17) is 26.6 Å². The van der Waals surface area contributed by atoms with Crippen molar-refractivity contribution >= 4 is 23.4 Å². The Labute approximate surface area is 185 Å². The lowest BCUT2D eigenvalue weighted by Crippen LogP contribution is -2.55. The van der Waals surface area contributed by atoms with Gasteiger partial charge in [-0.3, -0.25) is 4.79 Å². The molecule has 0 atom stereocenters. The van der Waals surface area contributed by atoms with E-state index in [1.165, 1.54) is 34.5 Å². The lowest BCUT2D eigenvalue weighted by atomic mass is 10.0. The summed E-state index contributed by atoms with van der Waals surface area (Å²) in [5, 5.41) is 10.3. The Hall–Kier alpha value is -2.06. The monoisotopic (exact) mass is 466 g/mol. The summed E-state index contributed by atoms with van der Waals surface area (Å²) >= 11 is 0. The number of benzene rings is 2. The quantitative estimate of drug-likeness (QED) is 0.272. The molecule has 0 aromatic heterocycles. The third-order valence-electron chi connectivity index (χ3n) is 4.85. The normalized spacial score (nSPS) is 12.0. The number of rotatable bonds is 13. The molecule has 0 aliphatic rings. The van der Waals surface area contributed by atoms with Crippen LogP contribution in [-0.4, -0.2) is 63.5 Å². The fourth-order valence-corrected chi connectivity index (χ4v) is 8.21. The van der Waals surface area contributed by atoms with Crippen LogP contribution >= 0.6 is 0 Å². The van der Waals surface area contributed by atoms with Gasteiger partial charge in [-0.15, -0.1) is 0 Å². The first-order chi connectivity index (χ1) is 14.8. The van der Waals surface area contributed by atoms with Crippen molar-refractivity contribution in [2.75, 3.05) is 35.0 Å². The molecule has 0 spiro atoms. The Bertz CT molecular complexity index is 839. The van der Waals surface area contributed by atoms with Crippen LogP contribution < -0.4 is 4.74 Å². The SMILES string of the molecule is CO[Si](C)(OC)O[Si](CCCOc1ccc(C(=O)c2ccccc2)c(O)c1)(OC)OC. The number of ketones is 1. The average Bonchev–Trinajstić information content (AvgIpc) is 2.81. The molecule has 2 aromatic carbocycles. The number of hydrogen-bond acceptors (Lipinski definition) is 8. The fraction of sp³-hybridized carbons (Fsp3) is 0.381. The van der Waals surface area contributed by atoms with Crippen molar-refractivity contribution in [3.05, 3.63) is 59.7 Å². The van der Waals surface area contributed by atoms with Crippen molar-refractivity contribution in [1.29, 1.82) is 0 Å². The van der Waals surface area contributed by atoms with Crippen LogP contribution in [-0.2, 0) is 21.8 Å². The molecule has 1 N–H and O–H groups in total. The second kappa shape index (κ2) is 11.5. The van der Waals surface area contributed by atoms with Gasteiger partial charge in [0.2, 0.25) is 0 Å². The predicted octanol–water partition coefficient (Wildman–Crippen LogP) is 3.50. The van der Waals surface area contributed by atoms with Crippen molar-refractivity contribution in [3.63, 3.8) is 0 Å². The molecule has 2 rings (SSSR count). The van der Waals surface area contributed by atoms with Crippen molar-refractivity contribution in [3.8, 4) is 11.5 Å². The first-order valence-corrected chi connectivity index (χ1v) is 13.9. The number of ether oxygens (including phenoxy) is 1. The molecule has 0 amide bonds. The van der Waals surface area contributed by atoms with Gasteiger partial charge in [0.15, 0.2) is 5.78 Å². The summed E-state index contributed by atoms with van der Waals surface area (Å²) < 4.78 is 33.7. The van der Waals surface area contributed by atoms with Crippen molar-refractivity contribution < 1.29 is 36.5 Å². The molecule has 8 nitrogen and oxygen atoms in total. The maximum atomic E-state index is 12.5. The smallest absolute Gasteiger partial charge is 0.493 e. The van der Waals surface area contributed by atoms with Crippen molar-refractivity contribution in [2.24, 2.45) is 0 Å². The van der Waals surface area contributed by atoms with Crippen LogP contribution in [0.5, 0.6) is 11.5 Å². The molecule has 0 unspecified atom stereocenters. The fourth-order valence-electron chi connectivity index (χ4n) is 2.89. The molecule has 2 aromatic rings. The van der Waals surface area contributed by atoms with E-state index in [-0.39, 0.29) is 17.1 Å². The van der Waals surface area contributed by atoms with E-state index in [0.29, 0.717) is 30.4 Å². The van der Waals surface area contributed by atoms with Crippen LogP contribution in [0.15, 0.2) is 48.5 Å². The van der Waals surface area contributed by atoms with Gasteiger partial charge in [0.25, 0.3) is 0 Å². The highest BCUT2D eigenvalue weighted by Gasteiger charge is 2.48. The zero-order valence-electron chi connectivity index (χ0n) is 18.5. The molecule has 10 heteroatoms. The van der Waals surface area contributed by atoms with E-state index in [1.807, 2.05) is 6.07 Å².